The number of aromatic nitrogens is 1. The summed E-state index contributed by atoms with van der Waals surface area (Å²) in [5.41, 5.74) is -0.287. The second-order valence-electron chi connectivity index (χ2n) is 2.74. The van der Waals surface area contributed by atoms with Crippen LogP contribution in [0.25, 0.3) is 0 Å². The fourth-order valence-corrected chi connectivity index (χ4v) is 0.994. The molecule has 0 aliphatic rings. The van der Waals surface area contributed by atoms with Gasteiger partial charge < -0.3 is 9.63 Å². The van der Waals surface area contributed by atoms with E-state index in [1.165, 1.54) is 0 Å². The quantitative estimate of drug-likeness (QED) is 0.689. The van der Waals surface area contributed by atoms with Crippen LogP contribution in [0.3, 0.4) is 0 Å². The number of hydrogen-bond acceptors (Lipinski definition) is 3. The van der Waals surface area contributed by atoms with Crippen molar-refractivity contribution in [3.05, 3.63) is 21.7 Å². The number of hydrogen-bond donors (Lipinski definition) is 2. The first-order valence-electron chi connectivity index (χ1n) is 3.48. The number of carboxylic acid groups (broad SMARTS) is 1. The van der Waals surface area contributed by atoms with Crippen molar-refractivity contribution in [1.29, 1.82) is 0 Å². The van der Waals surface area contributed by atoms with Crippen molar-refractivity contribution in [3.63, 3.8) is 0 Å². The zero-order valence-electron chi connectivity index (χ0n) is 6.75. The summed E-state index contributed by atoms with van der Waals surface area (Å²) in [6, 6.07) is 0. The van der Waals surface area contributed by atoms with Gasteiger partial charge in [-0.25, -0.2) is 4.79 Å². The topological polar surface area (TPSA) is 83.3 Å². The standard InChI is InChI=1S/C7H9NO4/c1-3(2)4-5(7(10)11)12-8-6(4)9/h3H,1-2H3,(H,8,9)(H,10,11). The summed E-state index contributed by atoms with van der Waals surface area (Å²) in [6.07, 6.45) is 0. The van der Waals surface area contributed by atoms with Crippen molar-refractivity contribution < 1.29 is 14.4 Å². The number of aromatic carboxylic acids is 1. The molecule has 0 saturated carbocycles. The van der Waals surface area contributed by atoms with E-state index in [1.807, 2.05) is 5.16 Å². The summed E-state index contributed by atoms with van der Waals surface area (Å²) in [5.74, 6) is -1.68. The van der Waals surface area contributed by atoms with Gasteiger partial charge in [0.1, 0.15) is 0 Å². The maximum absolute atomic E-state index is 11.0. The van der Waals surface area contributed by atoms with E-state index in [0.717, 1.165) is 0 Å². The Morgan fingerprint density at radius 1 is 1.58 bits per heavy atom. The molecule has 0 fully saturated rings. The Hall–Kier alpha value is -1.52. The van der Waals surface area contributed by atoms with E-state index in [9.17, 15) is 9.59 Å². The molecular formula is C7H9NO4. The zero-order valence-corrected chi connectivity index (χ0v) is 6.75. The van der Waals surface area contributed by atoms with Crippen molar-refractivity contribution in [1.82, 2.24) is 5.16 Å². The van der Waals surface area contributed by atoms with Gasteiger partial charge in [0.2, 0.25) is 5.76 Å². The molecular weight excluding hydrogens is 162 g/mol. The smallest absolute Gasteiger partial charge is 0.375 e. The maximum atomic E-state index is 11.0. The van der Waals surface area contributed by atoms with Gasteiger partial charge in [-0.15, -0.1) is 0 Å². The second-order valence-corrected chi connectivity index (χ2v) is 2.74. The van der Waals surface area contributed by atoms with Gasteiger partial charge in [0.05, 0.1) is 5.56 Å². The second kappa shape index (κ2) is 2.84. The molecule has 0 spiro atoms. The van der Waals surface area contributed by atoms with Gasteiger partial charge in [-0.2, -0.15) is 5.16 Å². The van der Waals surface area contributed by atoms with Crippen LogP contribution in [-0.2, 0) is 0 Å². The van der Waals surface area contributed by atoms with Crippen molar-refractivity contribution in [3.8, 4) is 0 Å². The van der Waals surface area contributed by atoms with Gasteiger partial charge >= 0.3 is 5.97 Å². The third-order valence-electron chi connectivity index (χ3n) is 1.51. The minimum Gasteiger partial charge on any atom is -0.475 e. The fraction of sp³-hybridized carbons (Fsp3) is 0.429. The van der Waals surface area contributed by atoms with Crippen LogP contribution in [-0.4, -0.2) is 16.2 Å². The monoisotopic (exact) mass is 171 g/mol. The molecule has 0 atom stereocenters. The van der Waals surface area contributed by atoms with Gasteiger partial charge in [0.25, 0.3) is 5.56 Å². The number of aromatic amines is 1. The predicted octanol–water partition coefficient (Wildman–Crippen LogP) is 0.789. The molecule has 5 heteroatoms. The Morgan fingerprint density at radius 3 is 2.50 bits per heavy atom. The van der Waals surface area contributed by atoms with E-state index in [-0.39, 0.29) is 17.2 Å². The summed E-state index contributed by atoms with van der Waals surface area (Å²) in [5, 5.41) is 10.6. The van der Waals surface area contributed by atoms with Gasteiger partial charge in [-0.1, -0.05) is 13.8 Å². The molecule has 0 saturated heterocycles. The molecule has 0 amide bonds. The van der Waals surface area contributed by atoms with Crippen LogP contribution in [0.15, 0.2) is 9.32 Å². The Kier molecular flexibility index (Phi) is 2.03. The number of carboxylic acids is 1. The summed E-state index contributed by atoms with van der Waals surface area (Å²) in [6.45, 7) is 3.46. The first kappa shape index (κ1) is 8.58. The van der Waals surface area contributed by atoms with E-state index >= 15 is 0 Å². The van der Waals surface area contributed by atoms with Gasteiger partial charge in [-0.05, 0) is 5.92 Å². The average Bonchev–Trinajstić information content (AvgIpc) is 2.30. The average molecular weight is 171 g/mol. The Morgan fingerprint density at radius 2 is 2.17 bits per heavy atom. The molecule has 1 aromatic rings. The summed E-state index contributed by atoms with van der Waals surface area (Å²) in [4.78, 5) is 21.5. The van der Waals surface area contributed by atoms with Crippen LogP contribution in [0.4, 0.5) is 0 Å². The lowest BCUT2D eigenvalue weighted by molar-refractivity contribution is 0.0649. The zero-order chi connectivity index (χ0) is 9.30. The first-order valence-corrected chi connectivity index (χ1v) is 3.48. The Bertz CT molecular complexity index is 347. The molecule has 12 heavy (non-hydrogen) atoms. The molecule has 0 unspecified atom stereocenters. The Balaban J connectivity index is 3.31. The SMILES string of the molecule is CC(C)c1c(C(=O)O)o[nH]c1=O. The third-order valence-corrected chi connectivity index (χ3v) is 1.51. The van der Waals surface area contributed by atoms with Crippen LogP contribution in [0.2, 0.25) is 0 Å². The summed E-state index contributed by atoms with van der Waals surface area (Å²) < 4.78 is 4.48. The predicted molar refractivity (Wildman–Crippen MR) is 40.4 cm³/mol. The lowest BCUT2D eigenvalue weighted by Gasteiger charge is -1.97. The van der Waals surface area contributed by atoms with E-state index in [2.05, 4.69) is 4.52 Å². The molecule has 1 aromatic heterocycles. The van der Waals surface area contributed by atoms with Crippen molar-refractivity contribution in [2.24, 2.45) is 0 Å². The molecule has 0 bridgehead atoms. The van der Waals surface area contributed by atoms with Crippen molar-refractivity contribution in [2.45, 2.75) is 19.8 Å². The normalized spacial score (nSPS) is 10.6. The molecule has 0 aliphatic carbocycles. The van der Waals surface area contributed by atoms with E-state index in [0.29, 0.717) is 0 Å². The van der Waals surface area contributed by atoms with Crippen LogP contribution >= 0.6 is 0 Å². The summed E-state index contributed by atoms with van der Waals surface area (Å²) >= 11 is 0. The van der Waals surface area contributed by atoms with Crippen LogP contribution in [0, 0.1) is 0 Å². The van der Waals surface area contributed by atoms with Crippen molar-refractivity contribution >= 4 is 5.97 Å². The number of rotatable bonds is 2. The molecule has 0 aromatic carbocycles. The molecule has 1 rings (SSSR count). The highest BCUT2D eigenvalue weighted by Gasteiger charge is 2.21. The largest absolute Gasteiger partial charge is 0.475 e. The lowest BCUT2D eigenvalue weighted by atomic mass is 10.0. The molecule has 2 N–H and O–H groups in total. The minimum absolute atomic E-state index is 0.154. The number of carbonyl (C=O) groups is 1. The van der Waals surface area contributed by atoms with Gasteiger partial charge in [0, 0.05) is 0 Å². The number of H-pyrrole nitrogens is 1. The summed E-state index contributed by atoms with van der Waals surface area (Å²) in [7, 11) is 0. The minimum atomic E-state index is -1.22. The van der Waals surface area contributed by atoms with Crippen LogP contribution in [0.5, 0.6) is 0 Å². The highest BCUT2D eigenvalue weighted by atomic mass is 16.5. The van der Waals surface area contributed by atoms with E-state index in [4.69, 9.17) is 5.11 Å². The highest BCUT2D eigenvalue weighted by Crippen LogP contribution is 2.14. The Labute approximate surface area is 68.0 Å². The molecule has 1 heterocycles. The van der Waals surface area contributed by atoms with Gasteiger partial charge in [-0.3, -0.25) is 4.79 Å². The molecule has 0 aliphatic heterocycles. The van der Waals surface area contributed by atoms with E-state index < -0.39 is 11.5 Å². The van der Waals surface area contributed by atoms with Gasteiger partial charge in [0.15, 0.2) is 0 Å². The fourth-order valence-electron chi connectivity index (χ4n) is 0.994. The highest BCUT2D eigenvalue weighted by molar-refractivity contribution is 5.85. The molecule has 0 radical (unpaired) electrons. The van der Waals surface area contributed by atoms with Crippen molar-refractivity contribution in [2.75, 3.05) is 0 Å². The lowest BCUT2D eigenvalue weighted by Crippen LogP contribution is -2.10. The third kappa shape index (κ3) is 1.25. The van der Waals surface area contributed by atoms with E-state index in [1.54, 1.807) is 13.8 Å². The maximum Gasteiger partial charge on any atom is 0.375 e. The molecule has 5 nitrogen and oxygen atoms in total. The van der Waals surface area contributed by atoms with Crippen LogP contribution < -0.4 is 5.56 Å². The molecule has 66 valence electrons. The first-order chi connectivity index (χ1) is 5.54. The number of nitrogens with one attached hydrogen (secondary N) is 1. The van der Waals surface area contributed by atoms with Crippen LogP contribution in [0.1, 0.15) is 35.9 Å².